The van der Waals surface area contributed by atoms with E-state index in [4.69, 9.17) is 11.6 Å². The van der Waals surface area contributed by atoms with Crippen LogP contribution in [0.3, 0.4) is 0 Å². The highest BCUT2D eigenvalue weighted by atomic mass is 35.5. The number of hydrogen-bond acceptors (Lipinski definition) is 2. The van der Waals surface area contributed by atoms with Crippen LogP contribution >= 0.6 is 11.6 Å². The van der Waals surface area contributed by atoms with Crippen molar-refractivity contribution in [2.24, 2.45) is 5.92 Å². The van der Waals surface area contributed by atoms with E-state index < -0.39 is 0 Å². The molecule has 1 fully saturated rings. The Hall–Kier alpha value is -1.84. The second-order valence-electron chi connectivity index (χ2n) is 7.50. The molecule has 0 aromatic heterocycles. The molecule has 0 aliphatic carbocycles. The molecule has 3 rings (SSSR count). The summed E-state index contributed by atoms with van der Waals surface area (Å²) >= 11 is 5.95. The molecule has 1 saturated heterocycles. The SMILES string of the molecule is CCc1ccc([C@@H](C)NC(=O)C2CCN(Cc3ccc(Cl)cc3)CC2)cc1. The van der Waals surface area contributed by atoms with Crippen molar-refractivity contribution in [1.29, 1.82) is 0 Å². The van der Waals surface area contributed by atoms with E-state index >= 15 is 0 Å². The number of nitrogens with one attached hydrogen (secondary N) is 1. The molecule has 0 unspecified atom stereocenters. The molecule has 27 heavy (non-hydrogen) atoms. The number of hydrogen-bond donors (Lipinski definition) is 1. The summed E-state index contributed by atoms with van der Waals surface area (Å²) in [6, 6.07) is 16.6. The number of nitrogens with zero attached hydrogens (tertiary/aromatic N) is 1. The molecule has 0 bridgehead atoms. The summed E-state index contributed by atoms with van der Waals surface area (Å²) in [5.74, 6) is 0.303. The molecule has 2 aromatic rings. The van der Waals surface area contributed by atoms with Crippen molar-refractivity contribution in [3.05, 3.63) is 70.2 Å². The van der Waals surface area contributed by atoms with E-state index in [2.05, 4.69) is 60.5 Å². The van der Waals surface area contributed by atoms with Crippen LogP contribution in [0.4, 0.5) is 0 Å². The third-order valence-electron chi connectivity index (χ3n) is 5.52. The van der Waals surface area contributed by atoms with Gasteiger partial charge < -0.3 is 5.32 Å². The first-order valence-corrected chi connectivity index (χ1v) is 10.3. The lowest BCUT2D eigenvalue weighted by Gasteiger charge is -2.32. The van der Waals surface area contributed by atoms with Gasteiger partial charge in [-0.05, 0) is 68.1 Å². The molecule has 1 aliphatic rings. The number of piperidine rings is 1. The molecular formula is C23H29ClN2O. The van der Waals surface area contributed by atoms with Gasteiger partial charge in [-0.1, -0.05) is 54.9 Å². The van der Waals surface area contributed by atoms with Crippen LogP contribution in [0.25, 0.3) is 0 Å². The summed E-state index contributed by atoms with van der Waals surface area (Å²) in [4.78, 5) is 15.1. The first kappa shape index (κ1) is 19.9. The number of halogens is 1. The highest BCUT2D eigenvalue weighted by Crippen LogP contribution is 2.22. The fraction of sp³-hybridized carbons (Fsp3) is 0.435. The van der Waals surface area contributed by atoms with Gasteiger partial charge in [0.05, 0.1) is 6.04 Å². The van der Waals surface area contributed by atoms with Crippen molar-refractivity contribution >= 4 is 17.5 Å². The van der Waals surface area contributed by atoms with E-state index in [1.165, 1.54) is 16.7 Å². The normalized spacial score (nSPS) is 16.9. The maximum absolute atomic E-state index is 12.7. The molecule has 3 nitrogen and oxygen atoms in total. The molecule has 144 valence electrons. The van der Waals surface area contributed by atoms with Crippen LogP contribution in [0.15, 0.2) is 48.5 Å². The van der Waals surface area contributed by atoms with Gasteiger partial charge >= 0.3 is 0 Å². The molecule has 0 radical (unpaired) electrons. The second-order valence-corrected chi connectivity index (χ2v) is 7.94. The second kappa shape index (κ2) is 9.38. The zero-order valence-electron chi connectivity index (χ0n) is 16.2. The summed E-state index contributed by atoms with van der Waals surface area (Å²) in [7, 11) is 0. The van der Waals surface area contributed by atoms with Crippen LogP contribution in [0.1, 0.15) is 49.4 Å². The van der Waals surface area contributed by atoms with Crippen molar-refractivity contribution in [2.45, 2.75) is 45.7 Å². The largest absolute Gasteiger partial charge is 0.349 e. The molecule has 1 heterocycles. The third-order valence-corrected chi connectivity index (χ3v) is 5.78. The van der Waals surface area contributed by atoms with Crippen molar-refractivity contribution < 1.29 is 4.79 Å². The van der Waals surface area contributed by atoms with Gasteiger partial charge in [-0.25, -0.2) is 0 Å². The highest BCUT2D eigenvalue weighted by molar-refractivity contribution is 6.30. The van der Waals surface area contributed by atoms with E-state index in [1.54, 1.807) is 0 Å². The van der Waals surface area contributed by atoms with Gasteiger partial charge in [0, 0.05) is 17.5 Å². The Labute approximate surface area is 167 Å². The summed E-state index contributed by atoms with van der Waals surface area (Å²) in [6.07, 6.45) is 2.87. The van der Waals surface area contributed by atoms with E-state index in [-0.39, 0.29) is 17.9 Å². The zero-order valence-corrected chi connectivity index (χ0v) is 17.0. The predicted molar refractivity (Wildman–Crippen MR) is 112 cm³/mol. The summed E-state index contributed by atoms with van der Waals surface area (Å²) < 4.78 is 0. The fourth-order valence-electron chi connectivity index (χ4n) is 3.66. The molecule has 4 heteroatoms. The van der Waals surface area contributed by atoms with Crippen LogP contribution < -0.4 is 5.32 Å². The number of rotatable bonds is 6. The first-order valence-electron chi connectivity index (χ1n) is 9.91. The lowest BCUT2D eigenvalue weighted by molar-refractivity contribution is -0.127. The molecule has 1 N–H and O–H groups in total. The van der Waals surface area contributed by atoms with Crippen LogP contribution in [-0.2, 0) is 17.8 Å². The minimum absolute atomic E-state index is 0.0514. The Morgan fingerprint density at radius 1 is 1.07 bits per heavy atom. The predicted octanol–water partition coefficient (Wildman–Crippen LogP) is 4.99. The van der Waals surface area contributed by atoms with Gasteiger partial charge in [0.25, 0.3) is 0 Å². The topological polar surface area (TPSA) is 32.3 Å². The minimum Gasteiger partial charge on any atom is -0.349 e. The van der Waals surface area contributed by atoms with Crippen molar-refractivity contribution in [3.8, 4) is 0 Å². The van der Waals surface area contributed by atoms with Crippen molar-refractivity contribution in [3.63, 3.8) is 0 Å². The van der Waals surface area contributed by atoms with Crippen LogP contribution in [0.2, 0.25) is 5.02 Å². The smallest absolute Gasteiger partial charge is 0.223 e. The average Bonchev–Trinajstić information content (AvgIpc) is 2.70. The van der Waals surface area contributed by atoms with Crippen LogP contribution in [0, 0.1) is 5.92 Å². The van der Waals surface area contributed by atoms with E-state index in [0.717, 1.165) is 43.9 Å². The molecular weight excluding hydrogens is 356 g/mol. The Bertz CT molecular complexity index is 734. The molecule has 0 spiro atoms. The van der Waals surface area contributed by atoms with E-state index in [9.17, 15) is 4.79 Å². The number of carbonyl (C=O) groups is 1. The van der Waals surface area contributed by atoms with Gasteiger partial charge in [-0.2, -0.15) is 0 Å². The quantitative estimate of drug-likeness (QED) is 0.760. The maximum atomic E-state index is 12.7. The zero-order chi connectivity index (χ0) is 19.2. The van der Waals surface area contributed by atoms with Gasteiger partial charge in [-0.3, -0.25) is 9.69 Å². The first-order chi connectivity index (χ1) is 13.0. The standard InChI is InChI=1S/C23H29ClN2O/c1-3-18-4-8-20(9-5-18)17(2)25-23(27)21-12-14-26(15-13-21)16-19-6-10-22(24)11-7-19/h4-11,17,21H,3,12-16H2,1-2H3,(H,25,27)/t17-/m1/s1. The number of carbonyl (C=O) groups excluding carboxylic acids is 1. The number of amides is 1. The van der Waals surface area contributed by atoms with Crippen molar-refractivity contribution in [2.75, 3.05) is 13.1 Å². The molecule has 1 atom stereocenters. The Morgan fingerprint density at radius 3 is 2.26 bits per heavy atom. The Kier molecular flexibility index (Phi) is 6.92. The van der Waals surface area contributed by atoms with Crippen LogP contribution in [0.5, 0.6) is 0 Å². The molecule has 2 aromatic carbocycles. The molecule has 0 saturated carbocycles. The van der Waals surface area contributed by atoms with Gasteiger partial charge in [0.1, 0.15) is 0 Å². The average molecular weight is 385 g/mol. The summed E-state index contributed by atoms with van der Waals surface area (Å²) in [5.41, 5.74) is 3.76. The summed E-state index contributed by atoms with van der Waals surface area (Å²) in [6.45, 7) is 7.06. The van der Waals surface area contributed by atoms with Crippen molar-refractivity contribution in [1.82, 2.24) is 10.2 Å². The number of likely N-dealkylation sites (tertiary alicyclic amines) is 1. The Balaban J connectivity index is 1.46. The lowest BCUT2D eigenvalue weighted by Crippen LogP contribution is -2.40. The van der Waals surface area contributed by atoms with E-state index in [0.29, 0.717) is 0 Å². The van der Waals surface area contributed by atoms with Gasteiger partial charge in [0.2, 0.25) is 5.91 Å². The third kappa shape index (κ3) is 5.57. The van der Waals surface area contributed by atoms with E-state index in [1.807, 2.05) is 12.1 Å². The number of aryl methyl sites for hydroxylation is 1. The Morgan fingerprint density at radius 2 is 1.67 bits per heavy atom. The highest BCUT2D eigenvalue weighted by Gasteiger charge is 2.26. The van der Waals surface area contributed by atoms with Crippen LogP contribution in [-0.4, -0.2) is 23.9 Å². The minimum atomic E-state index is 0.0514. The lowest BCUT2D eigenvalue weighted by atomic mass is 9.94. The number of benzene rings is 2. The monoisotopic (exact) mass is 384 g/mol. The summed E-state index contributed by atoms with van der Waals surface area (Å²) in [5, 5.41) is 3.97. The maximum Gasteiger partial charge on any atom is 0.223 e. The molecule has 1 amide bonds. The fourth-order valence-corrected chi connectivity index (χ4v) is 3.78. The molecule has 1 aliphatic heterocycles. The van der Waals surface area contributed by atoms with Gasteiger partial charge in [-0.15, -0.1) is 0 Å². The van der Waals surface area contributed by atoms with Gasteiger partial charge in [0.15, 0.2) is 0 Å².